The Morgan fingerprint density at radius 2 is 1.89 bits per heavy atom. The summed E-state index contributed by atoms with van der Waals surface area (Å²) >= 11 is 10.7. The second kappa shape index (κ2) is 6.07. The van der Waals surface area contributed by atoms with Crippen LogP contribution in [0, 0.1) is 5.82 Å². The minimum absolute atomic E-state index is 0.0422. The first kappa shape index (κ1) is 14.6. The van der Waals surface area contributed by atoms with Crippen molar-refractivity contribution in [1.82, 2.24) is 0 Å². The summed E-state index contributed by atoms with van der Waals surface area (Å²) in [4.78, 5) is 12.6. The van der Waals surface area contributed by atoms with Gasteiger partial charge in [0.2, 0.25) is 0 Å². The lowest BCUT2D eigenvalue weighted by atomic mass is 10.2. The van der Waals surface area contributed by atoms with Gasteiger partial charge in [0.15, 0.2) is 0 Å². The Bertz CT molecular complexity index is 649. The quantitative estimate of drug-likeness (QED) is 0.685. The third kappa shape index (κ3) is 3.58. The minimum atomic E-state index is -0.582. The van der Waals surface area contributed by atoms with E-state index in [0.29, 0.717) is 15.1 Å². The molecule has 2 rings (SSSR count). The standard InChI is InChI=1S/C13H8Br2FNOS/c14-7-1-3-10(15)12(5-7)17-13(18)9-6-8(19)2-4-11(9)16/h1-6,19H,(H,17,18). The fourth-order valence-electron chi connectivity index (χ4n) is 1.47. The molecule has 0 saturated heterocycles. The van der Waals surface area contributed by atoms with Crippen LogP contribution in [0.3, 0.4) is 0 Å². The number of carbonyl (C=O) groups excluding carboxylic acids is 1. The smallest absolute Gasteiger partial charge is 0.258 e. The zero-order chi connectivity index (χ0) is 14.0. The lowest BCUT2D eigenvalue weighted by molar-refractivity contribution is 0.102. The molecule has 1 N–H and O–H groups in total. The average molecular weight is 405 g/mol. The summed E-state index contributed by atoms with van der Waals surface area (Å²) in [5, 5.41) is 2.65. The zero-order valence-corrected chi connectivity index (χ0v) is 13.5. The largest absolute Gasteiger partial charge is 0.321 e. The number of hydrogen-bond acceptors (Lipinski definition) is 2. The Hall–Kier alpha value is -0.850. The van der Waals surface area contributed by atoms with Crippen LogP contribution in [-0.2, 0) is 0 Å². The summed E-state index contributed by atoms with van der Waals surface area (Å²) in [5.74, 6) is -1.10. The highest BCUT2D eigenvalue weighted by Crippen LogP contribution is 2.27. The lowest BCUT2D eigenvalue weighted by Gasteiger charge is -2.09. The van der Waals surface area contributed by atoms with Gasteiger partial charge in [0, 0.05) is 13.8 Å². The molecule has 0 aliphatic heterocycles. The second-order valence-corrected chi connectivity index (χ2v) is 6.03. The van der Waals surface area contributed by atoms with E-state index < -0.39 is 11.7 Å². The van der Waals surface area contributed by atoms with E-state index in [-0.39, 0.29) is 5.56 Å². The molecule has 0 atom stereocenters. The van der Waals surface area contributed by atoms with Crippen molar-refractivity contribution in [2.24, 2.45) is 0 Å². The normalized spacial score (nSPS) is 10.3. The predicted octanol–water partition coefficient (Wildman–Crippen LogP) is 4.89. The van der Waals surface area contributed by atoms with Gasteiger partial charge in [0.1, 0.15) is 5.82 Å². The van der Waals surface area contributed by atoms with Crippen molar-refractivity contribution in [2.75, 3.05) is 5.32 Å². The summed E-state index contributed by atoms with van der Waals surface area (Å²) in [7, 11) is 0. The summed E-state index contributed by atoms with van der Waals surface area (Å²) in [5.41, 5.74) is 0.516. The number of nitrogens with one attached hydrogen (secondary N) is 1. The molecule has 0 radical (unpaired) electrons. The van der Waals surface area contributed by atoms with E-state index in [1.54, 1.807) is 12.1 Å². The Labute approximate surface area is 132 Å². The number of thiol groups is 1. The van der Waals surface area contributed by atoms with Gasteiger partial charge in [-0.3, -0.25) is 4.79 Å². The predicted molar refractivity (Wildman–Crippen MR) is 83.4 cm³/mol. The van der Waals surface area contributed by atoms with E-state index in [1.165, 1.54) is 18.2 Å². The number of hydrogen-bond donors (Lipinski definition) is 2. The van der Waals surface area contributed by atoms with E-state index in [9.17, 15) is 9.18 Å². The molecule has 98 valence electrons. The van der Waals surface area contributed by atoms with Gasteiger partial charge in [-0.2, -0.15) is 0 Å². The molecule has 0 fully saturated rings. The molecular weight excluding hydrogens is 397 g/mol. The van der Waals surface area contributed by atoms with Crippen LogP contribution in [-0.4, -0.2) is 5.91 Å². The van der Waals surface area contributed by atoms with Crippen molar-refractivity contribution < 1.29 is 9.18 Å². The molecular formula is C13H8Br2FNOS. The van der Waals surface area contributed by atoms with E-state index in [0.717, 1.165) is 4.47 Å². The Morgan fingerprint density at radius 3 is 2.63 bits per heavy atom. The number of amides is 1. The molecule has 0 aliphatic rings. The topological polar surface area (TPSA) is 29.1 Å². The van der Waals surface area contributed by atoms with Gasteiger partial charge >= 0.3 is 0 Å². The van der Waals surface area contributed by atoms with Crippen LogP contribution >= 0.6 is 44.5 Å². The van der Waals surface area contributed by atoms with E-state index >= 15 is 0 Å². The number of benzene rings is 2. The maximum Gasteiger partial charge on any atom is 0.258 e. The van der Waals surface area contributed by atoms with Gasteiger partial charge in [-0.15, -0.1) is 12.6 Å². The Morgan fingerprint density at radius 1 is 1.16 bits per heavy atom. The fourth-order valence-corrected chi connectivity index (χ4v) is 2.38. The van der Waals surface area contributed by atoms with E-state index in [1.807, 2.05) is 6.07 Å². The van der Waals surface area contributed by atoms with Crippen LogP contribution in [0.1, 0.15) is 10.4 Å². The van der Waals surface area contributed by atoms with Crippen molar-refractivity contribution in [1.29, 1.82) is 0 Å². The average Bonchev–Trinajstić information content (AvgIpc) is 2.36. The molecule has 0 aliphatic carbocycles. The monoisotopic (exact) mass is 403 g/mol. The molecule has 2 aromatic rings. The highest BCUT2D eigenvalue weighted by molar-refractivity contribution is 9.11. The third-order valence-electron chi connectivity index (χ3n) is 2.37. The summed E-state index contributed by atoms with van der Waals surface area (Å²) in [6.07, 6.45) is 0. The van der Waals surface area contributed by atoms with E-state index in [2.05, 4.69) is 49.8 Å². The lowest BCUT2D eigenvalue weighted by Crippen LogP contribution is -2.14. The summed E-state index contributed by atoms with van der Waals surface area (Å²) < 4.78 is 15.1. The zero-order valence-electron chi connectivity index (χ0n) is 9.45. The molecule has 6 heteroatoms. The van der Waals surface area contributed by atoms with Crippen molar-refractivity contribution in [2.45, 2.75) is 4.90 Å². The maximum atomic E-state index is 13.6. The van der Waals surface area contributed by atoms with E-state index in [4.69, 9.17) is 0 Å². The molecule has 1 amide bonds. The van der Waals surface area contributed by atoms with Gasteiger partial charge in [0.05, 0.1) is 11.3 Å². The second-order valence-electron chi connectivity index (χ2n) is 3.74. The van der Waals surface area contributed by atoms with Gasteiger partial charge in [-0.1, -0.05) is 15.9 Å². The summed E-state index contributed by atoms with van der Waals surface area (Å²) in [6.45, 7) is 0. The minimum Gasteiger partial charge on any atom is -0.321 e. The molecule has 2 aromatic carbocycles. The third-order valence-corrected chi connectivity index (χ3v) is 3.83. The molecule has 0 saturated carbocycles. The Kier molecular flexibility index (Phi) is 4.65. The maximum absolute atomic E-state index is 13.6. The van der Waals surface area contributed by atoms with Crippen LogP contribution < -0.4 is 5.32 Å². The molecule has 0 bridgehead atoms. The van der Waals surface area contributed by atoms with Gasteiger partial charge in [-0.25, -0.2) is 4.39 Å². The van der Waals surface area contributed by atoms with Crippen LogP contribution in [0.25, 0.3) is 0 Å². The summed E-state index contributed by atoms with van der Waals surface area (Å²) in [6, 6.07) is 9.43. The molecule has 0 heterocycles. The highest BCUT2D eigenvalue weighted by Gasteiger charge is 2.13. The SMILES string of the molecule is O=C(Nc1cc(Br)ccc1Br)c1cc(S)ccc1F. The Balaban J connectivity index is 2.30. The van der Waals surface area contributed by atoms with Crippen molar-refractivity contribution >= 4 is 56.1 Å². The van der Waals surface area contributed by atoms with Crippen LogP contribution in [0.5, 0.6) is 0 Å². The fraction of sp³-hybridized carbons (Fsp3) is 0. The number of carbonyl (C=O) groups is 1. The van der Waals surface area contributed by atoms with Crippen LogP contribution in [0.15, 0.2) is 50.2 Å². The molecule has 0 aromatic heterocycles. The first-order valence-electron chi connectivity index (χ1n) is 5.22. The number of anilines is 1. The number of rotatable bonds is 2. The molecule has 19 heavy (non-hydrogen) atoms. The van der Waals surface area contributed by atoms with Gasteiger partial charge in [0.25, 0.3) is 5.91 Å². The number of halogens is 3. The molecule has 0 unspecified atom stereocenters. The molecule has 2 nitrogen and oxygen atoms in total. The first-order valence-corrected chi connectivity index (χ1v) is 7.25. The molecule has 0 spiro atoms. The van der Waals surface area contributed by atoms with Gasteiger partial charge in [-0.05, 0) is 52.3 Å². The van der Waals surface area contributed by atoms with Crippen molar-refractivity contribution in [3.63, 3.8) is 0 Å². The highest BCUT2D eigenvalue weighted by atomic mass is 79.9. The van der Waals surface area contributed by atoms with Crippen LogP contribution in [0.4, 0.5) is 10.1 Å². The van der Waals surface area contributed by atoms with Crippen molar-refractivity contribution in [3.05, 3.63) is 56.7 Å². The van der Waals surface area contributed by atoms with Gasteiger partial charge < -0.3 is 5.32 Å². The first-order chi connectivity index (χ1) is 8.97. The van der Waals surface area contributed by atoms with Crippen molar-refractivity contribution in [3.8, 4) is 0 Å². The van der Waals surface area contributed by atoms with Crippen LogP contribution in [0.2, 0.25) is 0 Å².